The maximum Gasteiger partial charge on any atom is 0.315 e. The lowest BCUT2D eigenvalue weighted by molar-refractivity contribution is 0.147. The van der Waals surface area contributed by atoms with E-state index in [-0.39, 0.29) is 18.6 Å². The van der Waals surface area contributed by atoms with Crippen LogP contribution in [-0.2, 0) is 0 Å². The molecule has 0 bridgehead atoms. The Kier molecular flexibility index (Phi) is 5.54. The van der Waals surface area contributed by atoms with E-state index in [1.807, 2.05) is 18.2 Å². The molecule has 1 saturated carbocycles. The molecule has 1 fully saturated rings. The van der Waals surface area contributed by atoms with Gasteiger partial charge in [-0.05, 0) is 36.5 Å². The van der Waals surface area contributed by atoms with E-state index in [1.54, 1.807) is 12.1 Å². The Balaban J connectivity index is 1.59. The summed E-state index contributed by atoms with van der Waals surface area (Å²) in [6, 6.07) is 13.2. The maximum atomic E-state index is 12.3. The van der Waals surface area contributed by atoms with E-state index < -0.39 is 6.10 Å². The number of benzene rings is 1. The number of furan rings is 1. The first-order valence-electron chi connectivity index (χ1n) is 8.55. The first-order chi connectivity index (χ1) is 11.7. The smallest absolute Gasteiger partial charge is 0.315 e. The van der Waals surface area contributed by atoms with Crippen LogP contribution in [0.15, 0.2) is 53.1 Å². The SMILES string of the molecule is O=C(NCC(O)c1ccco1)NC(c1ccccc1)C1CCCC1. The van der Waals surface area contributed by atoms with Crippen molar-refractivity contribution in [2.24, 2.45) is 5.92 Å². The topological polar surface area (TPSA) is 74.5 Å². The first kappa shape index (κ1) is 16.6. The van der Waals surface area contributed by atoms with E-state index in [1.165, 1.54) is 19.1 Å². The van der Waals surface area contributed by atoms with Crippen molar-refractivity contribution in [3.05, 3.63) is 60.1 Å². The molecule has 0 spiro atoms. The van der Waals surface area contributed by atoms with Gasteiger partial charge < -0.3 is 20.2 Å². The second kappa shape index (κ2) is 8.02. The van der Waals surface area contributed by atoms with E-state index in [9.17, 15) is 9.90 Å². The van der Waals surface area contributed by atoms with Crippen molar-refractivity contribution < 1.29 is 14.3 Å². The summed E-state index contributed by atoms with van der Waals surface area (Å²) in [5.41, 5.74) is 1.13. The fraction of sp³-hybridized carbons (Fsp3) is 0.421. The highest BCUT2D eigenvalue weighted by molar-refractivity contribution is 5.74. The van der Waals surface area contributed by atoms with E-state index in [4.69, 9.17) is 4.42 Å². The average molecular weight is 328 g/mol. The summed E-state index contributed by atoms with van der Waals surface area (Å²) in [4.78, 5) is 12.3. The van der Waals surface area contributed by atoms with Crippen LogP contribution >= 0.6 is 0 Å². The van der Waals surface area contributed by atoms with Gasteiger partial charge in [-0.3, -0.25) is 0 Å². The van der Waals surface area contributed by atoms with Crippen molar-refractivity contribution in [3.63, 3.8) is 0 Å². The zero-order valence-electron chi connectivity index (χ0n) is 13.7. The second-order valence-corrected chi connectivity index (χ2v) is 6.32. The molecule has 0 saturated heterocycles. The lowest BCUT2D eigenvalue weighted by atomic mass is 9.92. The number of hydrogen-bond donors (Lipinski definition) is 3. The lowest BCUT2D eigenvalue weighted by Crippen LogP contribution is -2.41. The van der Waals surface area contributed by atoms with Crippen LogP contribution in [0.4, 0.5) is 4.79 Å². The molecule has 2 atom stereocenters. The van der Waals surface area contributed by atoms with Crippen LogP contribution < -0.4 is 10.6 Å². The molecule has 0 radical (unpaired) electrons. The van der Waals surface area contributed by atoms with Crippen molar-refractivity contribution in [3.8, 4) is 0 Å². The van der Waals surface area contributed by atoms with Crippen LogP contribution in [0, 0.1) is 5.92 Å². The molecule has 1 aliphatic carbocycles. The molecule has 1 heterocycles. The molecular formula is C19H24N2O3. The summed E-state index contributed by atoms with van der Waals surface area (Å²) in [5.74, 6) is 0.916. The molecule has 3 rings (SSSR count). The van der Waals surface area contributed by atoms with Gasteiger partial charge in [0.05, 0.1) is 18.8 Å². The predicted molar refractivity (Wildman–Crippen MR) is 91.3 cm³/mol. The minimum Gasteiger partial charge on any atom is -0.467 e. The van der Waals surface area contributed by atoms with Crippen LogP contribution in [0.2, 0.25) is 0 Å². The van der Waals surface area contributed by atoms with E-state index in [2.05, 4.69) is 22.8 Å². The first-order valence-corrected chi connectivity index (χ1v) is 8.55. The zero-order chi connectivity index (χ0) is 16.8. The number of amides is 2. The Bertz CT molecular complexity index is 621. The number of rotatable bonds is 6. The number of carbonyl (C=O) groups excluding carboxylic acids is 1. The maximum absolute atomic E-state index is 12.3. The van der Waals surface area contributed by atoms with Crippen molar-refractivity contribution in [1.29, 1.82) is 0 Å². The molecule has 0 aliphatic heterocycles. The predicted octanol–water partition coefficient (Wildman–Crippen LogP) is 3.54. The van der Waals surface area contributed by atoms with E-state index in [0.717, 1.165) is 18.4 Å². The van der Waals surface area contributed by atoms with E-state index >= 15 is 0 Å². The standard InChI is InChI=1S/C19H24N2O3/c22-16(17-11-6-12-24-17)13-20-19(23)21-18(15-9-4-5-10-15)14-7-2-1-3-8-14/h1-3,6-8,11-12,15-16,18,22H,4-5,9-10,13H2,(H2,20,21,23). The fourth-order valence-corrected chi connectivity index (χ4v) is 3.39. The van der Waals surface area contributed by atoms with Gasteiger partial charge in [0.2, 0.25) is 0 Å². The van der Waals surface area contributed by atoms with Gasteiger partial charge in [0, 0.05) is 0 Å². The van der Waals surface area contributed by atoms with Gasteiger partial charge in [0.25, 0.3) is 0 Å². The Morgan fingerprint density at radius 2 is 1.92 bits per heavy atom. The van der Waals surface area contributed by atoms with Crippen molar-refractivity contribution in [2.45, 2.75) is 37.8 Å². The van der Waals surface area contributed by atoms with Gasteiger partial charge in [-0.25, -0.2) is 4.79 Å². The van der Waals surface area contributed by atoms with Crippen molar-refractivity contribution >= 4 is 6.03 Å². The molecular weight excluding hydrogens is 304 g/mol. The van der Waals surface area contributed by atoms with E-state index in [0.29, 0.717) is 11.7 Å². The molecule has 1 aromatic carbocycles. The second-order valence-electron chi connectivity index (χ2n) is 6.32. The Morgan fingerprint density at radius 3 is 2.58 bits per heavy atom. The summed E-state index contributed by atoms with van der Waals surface area (Å²) in [6.07, 6.45) is 5.36. The minimum atomic E-state index is -0.840. The third-order valence-corrected chi connectivity index (χ3v) is 4.64. The fourth-order valence-electron chi connectivity index (χ4n) is 3.39. The lowest BCUT2D eigenvalue weighted by Gasteiger charge is -2.25. The highest BCUT2D eigenvalue weighted by atomic mass is 16.4. The average Bonchev–Trinajstić information content (AvgIpc) is 3.31. The van der Waals surface area contributed by atoms with Crippen LogP contribution in [0.3, 0.4) is 0 Å². The number of aliphatic hydroxyl groups excluding tert-OH is 1. The Labute approximate surface area is 142 Å². The van der Waals surface area contributed by atoms with Gasteiger partial charge in [-0.2, -0.15) is 0 Å². The van der Waals surface area contributed by atoms with Gasteiger partial charge in [-0.1, -0.05) is 43.2 Å². The van der Waals surface area contributed by atoms with Crippen LogP contribution in [-0.4, -0.2) is 17.7 Å². The number of hydrogen-bond acceptors (Lipinski definition) is 3. The number of carbonyl (C=O) groups is 1. The summed E-state index contributed by atoms with van der Waals surface area (Å²) >= 11 is 0. The Morgan fingerprint density at radius 1 is 1.17 bits per heavy atom. The van der Waals surface area contributed by atoms with Crippen LogP contribution in [0.5, 0.6) is 0 Å². The summed E-state index contributed by atoms with van der Waals surface area (Å²) in [6.45, 7) is 0.117. The van der Waals surface area contributed by atoms with Crippen molar-refractivity contribution in [1.82, 2.24) is 10.6 Å². The molecule has 2 unspecified atom stereocenters. The summed E-state index contributed by atoms with van der Waals surface area (Å²) in [5, 5.41) is 15.8. The summed E-state index contributed by atoms with van der Waals surface area (Å²) in [7, 11) is 0. The monoisotopic (exact) mass is 328 g/mol. The van der Waals surface area contributed by atoms with Gasteiger partial charge in [0.1, 0.15) is 11.9 Å². The number of urea groups is 1. The van der Waals surface area contributed by atoms with Crippen LogP contribution in [0.1, 0.15) is 49.2 Å². The normalized spacial score (nSPS) is 17.4. The molecule has 3 N–H and O–H groups in total. The Hall–Kier alpha value is -2.27. The van der Waals surface area contributed by atoms with Crippen LogP contribution in [0.25, 0.3) is 0 Å². The van der Waals surface area contributed by atoms with Gasteiger partial charge in [-0.15, -0.1) is 0 Å². The van der Waals surface area contributed by atoms with Gasteiger partial charge in [0.15, 0.2) is 0 Å². The third-order valence-electron chi connectivity index (χ3n) is 4.64. The molecule has 5 nitrogen and oxygen atoms in total. The third kappa shape index (κ3) is 4.17. The highest BCUT2D eigenvalue weighted by Crippen LogP contribution is 2.35. The molecule has 2 amide bonds. The van der Waals surface area contributed by atoms with Crippen molar-refractivity contribution in [2.75, 3.05) is 6.54 Å². The minimum absolute atomic E-state index is 0.00876. The number of aliphatic hydroxyl groups is 1. The number of nitrogens with one attached hydrogen (secondary N) is 2. The molecule has 24 heavy (non-hydrogen) atoms. The largest absolute Gasteiger partial charge is 0.467 e. The van der Waals surface area contributed by atoms with Gasteiger partial charge >= 0.3 is 6.03 Å². The zero-order valence-corrected chi connectivity index (χ0v) is 13.7. The molecule has 5 heteroatoms. The molecule has 128 valence electrons. The summed E-state index contributed by atoms with van der Waals surface area (Å²) < 4.78 is 5.14. The molecule has 1 aliphatic rings. The quantitative estimate of drug-likeness (QED) is 0.759. The molecule has 2 aromatic rings. The highest BCUT2D eigenvalue weighted by Gasteiger charge is 2.27. The molecule has 1 aromatic heterocycles.